The summed E-state index contributed by atoms with van der Waals surface area (Å²) in [7, 11) is 0. The third-order valence-corrected chi connectivity index (χ3v) is 2.07. The van der Waals surface area contributed by atoms with Crippen molar-refractivity contribution in [3.63, 3.8) is 0 Å². The summed E-state index contributed by atoms with van der Waals surface area (Å²) in [5.41, 5.74) is -3.37. The van der Waals surface area contributed by atoms with Crippen molar-refractivity contribution in [2.45, 2.75) is 44.6 Å². The van der Waals surface area contributed by atoms with Gasteiger partial charge in [0, 0.05) is 0 Å². The summed E-state index contributed by atoms with van der Waals surface area (Å²) in [4.78, 5) is 21.9. The number of carbonyl (C=O) groups is 2. The van der Waals surface area contributed by atoms with Crippen molar-refractivity contribution in [1.82, 2.24) is 0 Å². The molecule has 0 saturated carbocycles. The molecule has 1 atom stereocenters. The molecule has 10 heteroatoms. The van der Waals surface area contributed by atoms with Crippen molar-refractivity contribution >= 4 is 11.9 Å². The predicted molar refractivity (Wildman–Crippen MR) is 52.5 cm³/mol. The van der Waals surface area contributed by atoms with Crippen molar-refractivity contribution in [3.8, 4) is 0 Å². The Kier molecular flexibility index (Phi) is 5.85. The number of halogens is 6. The van der Waals surface area contributed by atoms with Gasteiger partial charge in [0.1, 0.15) is 6.42 Å². The van der Waals surface area contributed by atoms with E-state index in [1.807, 2.05) is 0 Å². The molecule has 0 aliphatic heterocycles. The largest absolute Gasteiger partial charge is 0.466 e. The van der Waals surface area contributed by atoms with Crippen LogP contribution >= 0.6 is 0 Å². The summed E-state index contributed by atoms with van der Waals surface area (Å²) >= 11 is 0. The molecule has 0 amide bonds. The van der Waals surface area contributed by atoms with Crippen molar-refractivity contribution < 1.29 is 45.4 Å². The molecule has 0 spiro atoms. The smallest absolute Gasteiger partial charge is 0.428 e. The van der Waals surface area contributed by atoms with Crippen molar-refractivity contribution in [2.24, 2.45) is 0 Å². The van der Waals surface area contributed by atoms with Crippen LogP contribution in [-0.2, 0) is 19.1 Å². The fourth-order valence-corrected chi connectivity index (χ4v) is 1.13. The summed E-state index contributed by atoms with van der Waals surface area (Å²) in [6, 6.07) is 0. The summed E-state index contributed by atoms with van der Waals surface area (Å²) in [6.07, 6.45) is -13.8. The van der Waals surface area contributed by atoms with Crippen LogP contribution in [-0.4, -0.2) is 36.5 Å². The Balaban J connectivity index is 4.98. The van der Waals surface area contributed by atoms with Gasteiger partial charge in [0.15, 0.2) is 0 Å². The van der Waals surface area contributed by atoms with Crippen LogP contribution < -0.4 is 0 Å². The molecule has 0 aromatic carbocycles. The molecule has 0 saturated heterocycles. The monoisotopic (exact) mass is 310 g/mol. The highest BCUT2D eigenvalue weighted by Gasteiger charge is 2.56. The van der Waals surface area contributed by atoms with E-state index in [0.717, 1.165) is 0 Å². The topological polar surface area (TPSA) is 52.6 Å². The van der Waals surface area contributed by atoms with E-state index in [1.165, 1.54) is 6.92 Å². The number of hydrogen-bond acceptors (Lipinski definition) is 4. The quantitative estimate of drug-likeness (QED) is 0.579. The molecule has 20 heavy (non-hydrogen) atoms. The summed E-state index contributed by atoms with van der Waals surface area (Å²) < 4.78 is 81.9. The third-order valence-electron chi connectivity index (χ3n) is 2.07. The van der Waals surface area contributed by atoms with Crippen LogP contribution in [0.15, 0.2) is 0 Å². The minimum Gasteiger partial charge on any atom is -0.466 e. The zero-order chi connectivity index (χ0) is 16.2. The highest BCUT2D eigenvalue weighted by atomic mass is 19.4. The number of alkyl halides is 6. The zero-order valence-electron chi connectivity index (χ0n) is 10.5. The second-order valence-electron chi connectivity index (χ2n) is 3.98. The first-order valence-corrected chi connectivity index (χ1v) is 5.31. The Labute approximate surface area is 110 Å². The Morgan fingerprint density at radius 3 is 1.80 bits per heavy atom. The molecule has 0 rings (SSSR count). The maximum Gasteiger partial charge on any atom is 0.428 e. The zero-order valence-corrected chi connectivity index (χ0v) is 10.5. The Morgan fingerprint density at radius 1 is 0.950 bits per heavy atom. The lowest BCUT2D eigenvalue weighted by Crippen LogP contribution is -2.48. The first-order chi connectivity index (χ1) is 8.81. The van der Waals surface area contributed by atoms with Gasteiger partial charge in [0.05, 0.1) is 13.0 Å². The molecule has 0 N–H and O–H groups in total. The van der Waals surface area contributed by atoms with E-state index in [4.69, 9.17) is 0 Å². The summed E-state index contributed by atoms with van der Waals surface area (Å²) in [6.45, 7) is 1.42. The standard InChI is InChI=1S/C10H12F6O4/c1-3-19-6(17)4-8(2,10(14,15)16)20-7(18)5-9(11,12)13/h3-5H2,1-2H3. The molecule has 118 valence electrons. The lowest BCUT2D eigenvalue weighted by Gasteiger charge is -2.30. The van der Waals surface area contributed by atoms with Crippen LogP contribution in [0.25, 0.3) is 0 Å². The highest BCUT2D eigenvalue weighted by molar-refractivity contribution is 5.74. The molecular weight excluding hydrogens is 298 g/mol. The van der Waals surface area contributed by atoms with E-state index in [0.29, 0.717) is 6.92 Å². The molecule has 0 aromatic rings. The Hall–Kier alpha value is -1.48. The average Bonchev–Trinajstić information content (AvgIpc) is 2.11. The van der Waals surface area contributed by atoms with Gasteiger partial charge in [-0.1, -0.05) is 0 Å². The molecule has 0 aromatic heterocycles. The number of hydrogen-bond donors (Lipinski definition) is 0. The van der Waals surface area contributed by atoms with Gasteiger partial charge in [-0.15, -0.1) is 0 Å². The van der Waals surface area contributed by atoms with Gasteiger partial charge in [0.2, 0.25) is 5.60 Å². The molecule has 0 aliphatic rings. The molecule has 0 aliphatic carbocycles. The number of ether oxygens (including phenoxy) is 2. The minimum atomic E-state index is -5.22. The number of esters is 2. The molecule has 0 fully saturated rings. The van der Waals surface area contributed by atoms with E-state index in [-0.39, 0.29) is 6.61 Å². The van der Waals surface area contributed by atoms with Gasteiger partial charge in [-0.3, -0.25) is 9.59 Å². The molecule has 0 bridgehead atoms. The lowest BCUT2D eigenvalue weighted by molar-refractivity contribution is -0.269. The Bertz CT molecular complexity index is 362. The van der Waals surface area contributed by atoms with E-state index >= 15 is 0 Å². The fraction of sp³-hybridized carbons (Fsp3) is 0.800. The van der Waals surface area contributed by atoms with Gasteiger partial charge in [-0.2, -0.15) is 26.3 Å². The summed E-state index contributed by atoms with van der Waals surface area (Å²) in [5, 5.41) is 0. The average molecular weight is 310 g/mol. The van der Waals surface area contributed by atoms with Gasteiger partial charge in [-0.25, -0.2) is 0 Å². The maximum atomic E-state index is 12.7. The molecule has 1 unspecified atom stereocenters. The van der Waals surface area contributed by atoms with Crippen LogP contribution in [0, 0.1) is 0 Å². The van der Waals surface area contributed by atoms with Crippen LogP contribution in [0.3, 0.4) is 0 Å². The van der Waals surface area contributed by atoms with E-state index < -0.39 is 42.7 Å². The van der Waals surface area contributed by atoms with Gasteiger partial charge < -0.3 is 9.47 Å². The number of rotatable bonds is 5. The predicted octanol–water partition coefficient (Wildman–Crippen LogP) is 2.76. The van der Waals surface area contributed by atoms with Crippen LogP contribution in [0.5, 0.6) is 0 Å². The SMILES string of the molecule is CCOC(=O)CC(C)(OC(=O)CC(F)(F)F)C(F)(F)F. The second kappa shape index (κ2) is 6.31. The minimum absolute atomic E-state index is 0.219. The molecule has 4 nitrogen and oxygen atoms in total. The molecule has 0 heterocycles. The van der Waals surface area contributed by atoms with Crippen LogP contribution in [0.4, 0.5) is 26.3 Å². The van der Waals surface area contributed by atoms with Gasteiger partial charge in [0.25, 0.3) is 0 Å². The maximum absolute atomic E-state index is 12.7. The fourth-order valence-electron chi connectivity index (χ4n) is 1.13. The van der Waals surface area contributed by atoms with E-state index in [2.05, 4.69) is 9.47 Å². The van der Waals surface area contributed by atoms with Crippen molar-refractivity contribution in [3.05, 3.63) is 0 Å². The third kappa shape index (κ3) is 6.11. The van der Waals surface area contributed by atoms with E-state index in [9.17, 15) is 35.9 Å². The Morgan fingerprint density at radius 2 is 1.45 bits per heavy atom. The summed E-state index contributed by atoms with van der Waals surface area (Å²) in [5.74, 6) is -3.46. The van der Waals surface area contributed by atoms with Crippen molar-refractivity contribution in [1.29, 1.82) is 0 Å². The highest BCUT2D eigenvalue weighted by Crippen LogP contribution is 2.37. The van der Waals surface area contributed by atoms with Crippen LogP contribution in [0.2, 0.25) is 0 Å². The first-order valence-electron chi connectivity index (χ1n) is 5.31. The normalized spacial score (nSPS) is 15.4. The lowest BCUT2D eigenvalue weighted by atomic mass is 10.0. The second-order valence-corrected chi connectivity index (χ2v) is 3.98. The van der Waals surface area contributed by atoms with Gasteiger partial charge in [-0.05, 0) is 13.8 Å². The van der Waals surface area contributed by atoms with Crippen LogP contribution in [0.1, 0.15) is 26.7 Å². The first kappa shape index (κ1) is 18.5. The van der Waals surface area contributed by atoms with Crippen molar-refractivity contribution in [2.75, 3.05) is 6.61 Å². The number of carbonyl (C=O) groups excluding carboxylic acids is 2. The molecular formula is C10H12F6O4. The van der Waals surface area contributed by atoms with Gasteiger partial charge >= 0.3 is 24.3 Å². The molecule has 0 radical (unpaired) electrons. The van der Waals surface area contributed by atoms with E-state index in [1.54, 1.807) is 0 Å².